The quantitative estimate of drug-likeness (QED) is 0.459. The minimum Gasteiger partial charge on any atom is -0.490 e. The molecule has 0 aliphatic rings. The van der Waals surface area contributed by atoms with E-state index in [2.05, 4.69) is 20.1 Å². The molecule has 4 aromatic rings. The second-order valence-corrected chi connectivity index (χ2v) is 6.98. The largest absolute Gasteiger partial charge is 0.490 e. The molecule has 3 aromatic heterocycles. The molecule has 0 saturated carbocycles. The van der Waals surface area contributed by atoms with E-state index < -0.39 is 12.5 Å². The van der Waals surface area contributed by atoms with Gasteiger partial charge in [-0.05, 0) is 36.6 Å². The van der Waals surface area contributed by atoms with Crippen LogP contribution in [0.4, 0.5) is 14.5 Å². The number of alkyl halides is 2. The molecule has 0 bridgehead atoms. The maximum Gasteiger partial charge on any atom is 0.387 e. The molecule has 7 nitrogen and oxygen atoms in total. The highest BCUT2D eigenvalue weighted by Crippen LogP contribution is 2.32. The predicted molar refractivity (Wildman–Crippen MR) is 108 cm³/mol. The molecule has 0 fully saturated rings. The standard InChI is InChI=1S/C20H16F2N4O3S/c1-2-28-16-10-12(5-6-15(16)29-20(21)22)25-19(27)13-11-24-26-14(7-8-23-18(13)26)17-4-3-9-30-17/h3-11,20H,2H2,1H3,(H,25,27). The van der Waals surface area contributed by atoms with E-state index in [0.29, 0.717) is 11.3 Å². The first kappa shape index (κ1) is 19.8. The molecule has 1 N–H and O–H groups in total. The summed E-state index contributed by atoms with van der Waals surface area (Å²) < 4.78 is 36.5. The lowest BCUT2D eigenvalue weighted by Crippen LogP contribution is -2.12. The monoisotopic (exact) mass is 430 g/mol. The Morgan fingerprint density at radius 1 is 1.27 bits per heavy atom. The van der Waals surface area contributed by atoms with Gasteiger partial charge in [0.15, 0.2) is 17.1 Å². The van der Waals surface area contributed by atoms with Gasteiger partial charge in [-0.2, -0.15) is 13.9 Å². The highest BCUT2D eigenvalue weighted by atomic mass is 32.1. The summed E-state index contributed by atoms with van der Waals surface area (Å²) in [4.78, 5) is 18.1. The van der Waals surface area contributed by atoms with Gasteiger partial charge in [0, 0.05) is 18.0 Å². The van der Waals surface area contributed by atoms with Crippen LogP contribution in [-0.2, 0) is 0 Å². The van der Waals surface area contributed by atoms with Crippen molar-refractivity contribution in [3.8, 4) is 22.1 Å². The molecule has 30 heavy (non-hydrogen) atoms. The van der Waals surface area contributed by atoms with Crippen molar-refractivity contribution in [2.45, 2.75) is 13.5 Å². The van der Waals surface area contributed by atoms with Crippen molar-refractivity contribution in [2.24, 2.45) is 0 Å². The van der Waals surface area contributed by atoms with Gasteiger partial charge in [-0.1, -0.05) is 6.07 Å². The molecule has 0 radical (unpaired) electrons. The third-order valence-electron chi connectivity index (χ3n) is 4.14. The van der Waals surface area contributed by atoms with Crippen molar-refractivity contribution in [1.29, 1.82) is 0 Å². The Morgan fingerprint density at radius 2 is 2.13 bits per heavy atom. The highest BCUT2D eigenvalue weighted by Gasteiger charge is 2.18. The van der Waals surface area contributed by atoms with Crippen LogP contribution < -0.4 is 14.8 Å². The van der Waals surface area contributed by atoms with Crippen molar-refractivity contribution < 1.29 is 23.0 Å². The molecule has 3 heterocycles. The first-order chi connectivity index (χ1) is 14.6. The van der Waals surface area contributed by atoms with E-state index in [9.17, 15) is 13.6 Å². The van der Waals surface area contributed by atoms with Crippen LogP contribution in [0.25, 0.3) is 16.2 Å². The number of nitrogens with zero attached hydrogens (tertiary/aromatic N) is 3. The Balaban J connectivity index is 1.62. The van der Waals surface area contributed by atoms with Gasteiger partial charge in [0.25, 0.3) is 5.91 Å². The van der Waals surface area contributed by atoms with Gasteiger partial charge in [0.05, 0.1) is 23.4 Å². The number of amides is 1. The summed E-state index contributed by atoms with van der Waals surface area (Å²) in [6.07, 6.45) is 3.05. The normalized spacial score (nSPS) is 11.1. The van der Waals surface area contributed by atoms with Crippen LogP contribution in [0, 0.1) is 0 Å². The van der Waals surface area contributed by atoms with Gasteiger partial charge in [-0.25, -0.2) is 9.50 Å². The Kier molecular flexibility index (Phi) is 5.57. The number of halogens is 2. The second-order valence-electron chi connectivity index (χ2n) is 6.03. The fraction of sp³-hybridized carbons (Fsp3) is 0.150. The third-order valence-corrected chi connectivity index (χ3v) is 5.03. The molecule has 0 unspecified atom stereocenters. The van der Waals surface area contributed by atoms with E-state index >= 15 is 0 Å². The van der Waals surface area contributed by atoms with E-state index in [1.165, 1.54) is 24.4 Å². The number of fused-ring (bicyclic) bond motifs is 1. The number of carbonyl (C=O) groups is 1. The number of anilines is 1. The van der Waals surface area contributed by atoms with Gasteiger partial charge in [0.2, 0.25) is 0 Å². The van der Waals surface area contributed by atoms with Crippen molar-refractivity contribution >= 4 is 28.6 Å². The Bertz CT molecular complexity index is 1180. The predicted octanol–water partition coefficient (Wildman–Crippen LogP) is 4.71. The van der Waals surface area contributed by atoms with Crippen LogP contribution in [0.5, 0.6) is 11.5 Å². The molecule has 0 saturated heterocycles. The zero-order valence-corrected chi connectivity index (χ0v) is 16.5. The Labute approximate surface area is 173 Å². The number of thiophene rings is 1. The average Bonchev–Trinajstić information content (AvgIpc) is 3.39. The van der Waals surface area contributed by atoms with Crippen LogP contribution >= 0.6 is 11.3 Å². The molecule has 0 aliphatic heterocycles. The number of hydrogen-bond acceptors (Lipinski definition) is 6. The SMILES string of the molecule is CCOc1cc(NC(=O)c2cnn3c(-c4cccs4)ccnc23)ccc1OC(F)F. The van der Waals surface area contributed by atoms with Crippen LogP contribution in [0.3, 0.4) is 0 Å². The lowest BCUT2D eigenvalue weighted by atomic mass is 10.2. The van der Waals surface area contributed by atoms with Crippen molar-refractivity contribution in [3.05, 3.63) is 59.7 Å². The molecule has 0 aliphatic carbocycles. The van der Waals surface area contributed by atoms with E-state index in [1.807, 2.05) is 23.6 Å². The van der Waals surface area contributed by atoms with Crippen molar-refractivity contribution in [2.75, 3.05) is 11.9 Å². The van der Waals surface area contributed by atoms with E-state index in [0.717, 1.165) is 10.6 Å². The molecule has 154 valence electrons. The maximum absolute atomic E-state index is 12.8. The highest BCUT2D eigenvalue weighted by molar-refractivity contribution is 7.13. The maximum atomic E-state index is 12.8. The fourth-order valence-corrected chi connectivity index (χ4v) is 3.64. The van der Waals surface area contributed by atoms with Crippen LogP contribution in [0.15, 0.2) is 54.2 Å². The third kappa shape index (κ3) is 3.94. The summed E-state index contributed by atoms with van der Waals surface area (Å²) in [5.74, 6) is -0.442. The molecule has 10 heteroatoms. The van der Waals surface area contributed by atoms with Crippen molar-refractivity contribution in [3.63, 3.8) is 0 Å². The molecule has 1 amide bonds. The lowest BCUT2D eigenvalue weighted by molar-refractivity contribution is -0.0514. The second kappa shape index (κ2) is 8.46. The first-order valence-corrected chi connectivity index (χ1v) is 9.84. The van der Waals surface area contributed by atoms with Crippen molar-refractivity contribution in [1.82, 2.24) is 14.6 Å². The minimum absolute atomic E-state index is 0.105. The van der Waals surface area contributed by atoms with Crippen LogP contribution in [-0.4, -0.2) is 33.7 Å². The summed E-state index contributed by atoms with van der Waals surface area (Å²) in [5.41, 5.74) is 1.86. The fourth-order valence-electron chi connectivity index (χ4n) is 2.91. The number of hydrogen-bond donors (Lipinski definition) is 1. The summed E-state index contributed by atoms with van der Waals surface area (Å²) in [6, 6.07) is 9.91. The van der Waals surface area contributed by atoms with Gasteiger partial charge in [0.1, 0.15) is 5.56 Å². The number of rotatable bonds is 7. The number of ether oxygens (including phenoxy) is 2. The van der Waals surface area contributed by atoms with E-state index in [4.69, 9.17) is 4.74 Å². The molecule has 0 spiro atoms. The molecule has 1 aromatic carbocycles. The molecular formula is C20H16F2N4O3S. The van der Waals surface area contributed by atoms with Crippen LogP contribution in [0.1, 0.15) is 17.3 Å². The van der Waals surface area contributed by atoms with Gasteiger partial charge in [-0.15, -0.1) is 11.3 Å². The van der Waals surface area contributed by atoms with E-state index in [-0.39, 0.29) is 23.7 Å². The van der Waals surface area contributed by atoms with Gasteiger partial charge < -0.3 is 14.8 Å². The van der Waals surface area contributed by atoms with E-state index in [1.54, 1.807) is 29.0 Å². The first-order valence-electron chi connectivity index (χ1n) is 8.96. The average molecular weight is 430 g/mol. The number of carbonyl (C=O) groups excluding carboxylic acids is 1. The Hall–Kier alpha value is -3.53. The molecule has 0 atom stereocenters. The topological polar surface area (TPSA) is 77.8 Å². The zero-order valence-electron chi connectivity index (χ0n) is 15.7. The molecule has 4 rings (SSSR count). The summed E-state index contributed by atoms with van der Waals surface area (Å²) in [7, 11) is 0. The minimum atomic E-state index is -2.98. The number of aromatic nitrogens is 3. The van der Waals surface area contributed by atoms with Gasteiger partial charge >= 0.3 is 6.61 Å². The van der Waals surface area contributed by atoms with Crippen LogP contribution in [0.2, 0.25) is 0 Å². The number of benzene rings is 1. The number of nitrogens with one attached hydrogen (secondary N) is 1. The smallest absolute Gasteiger partial charge is 0.387 e. The Morgan fingerprint density at radius 3 is 2.87 bits per heavy atom. The lowest BCUT2D eigenvalue weighted by Gasteiger charge is -2.13. The summed E-state index contributed by atoms with van der Waals surface area (Å²) in [5, 5.41) is 8.97. The summed E-state index contributed by atoms with van der Waals surface area (Å²) in [6.45, 7) is -1.01. The zero-order chi connectivity index (χ0) is 21.1. The molecular weight excluding hydrogens is 414 g/mol. The summed E-state index contributed by atoms with van der Waals surface area (Å²) >= 11 is 1.55. The van der Waals surface area contributed by atoms with Gasteiger partial charge in [-0.3, -0.25) is 4.79 Å².